The van der Waals surface area contributed by atoms with Gasteiger partial charge < -0.3 is 20.4 Å². The molecule has 1 spiro atoms. The average Bonchev–Trinajstić information content (AvgIpc) is 3.86. The van der Waals surface area contributed by atoms with Gasteiger partial charge in [0.15, 0.2) is 5.60 Å². The predicted molar refractivity (Wildman–Crippen MR) is 208 cm³/mol. The van der Waals surface area contributed by atoms with E-state index in [-0.39, 0.29) is 18.4 Å². The fourth-order valence-electron chi connectivity index (χ4n) is 8.31. The Morgan fingerprint density at radius 1 is 0.852 bits per heavy atom. The largest absolute Gasteiger partial charge is 0.395 e. The van der Waals surface area contributed by atoms with Crippen LogP contribution in [0.15, 0.2) is 128 Å². The van der Waals surface area contributed by atoms with Crippen molar-refractivity contribution in [2.45, 2.75) is 49.8 Å². The van der Waals surface area contributed by atoms with Crippen LogP contribution in [0.2, 0.25) is 0 Å². The minimum atomic E-state index is -1.89. The minimum Gasteiger partial charge on any atom is -0.395 e. The molecule has 0 bridgehead atoms. The number of aromatic nitrogens is 3. The molecule has 3 N–H and O–H groups in total. The van der Waals surface area contributed by atoms with E-state index in [1.165, 1.54) is 0 Å². The van der Waals surface area contributed by atoms with Crippen molar-refractivity contribution in [2.75, 3.05) is 41.1 Å². The van der Waals surface area contributed by atoms with Crippen molar-refractivity contribution in [3.63, 3.8) is 0 Å². The molecule has 11 nitrogen and oxygen atoms in total. The molecule has 4 heterocycles. The van der Waals surface area contributed by atoms with E-state index in [0.717, 1.165) is 24.3 Å². The van der Waals surface area contributed by atoms with Gasteiger partial charge in [0.25, 0.3) is 11.8 Å². The first-order chi connectivity index (χ1) is 26.3. The zero-order valence-corrected chi connectivity index (χ0v) is 30.3. The van der Waals surface area contributed by atoms with Gasteiger partial charge in [0.05, 0.1) is 30.6 Å². The van der Waals surface area contributed by atoms with E-state index in [2.05, 4.69) is 20.5 Å². The third kappa shape index (κ3) is 6.08. The molecule has 3 aliphatic rings. The van der Waals surface area contributed by atoms with Crippen LogP contribution in [0.4, 0.5) is 22.7 Å². The number of benzene rings is 4. The van der Waals surface area contributed by atoms with Crippen molar-refractivity contribution >= 4 is 34.6 Å². The summed E-state index contributed by atoms with van der Waals surface area (Å²) < 4.78 is 1.74. The highest BCUT2D eigenvalue weighted by Gasteiger charge is 2.56. The second-order valence-electron chi connectivity index (χ2n) is 14.4. The molecule has 54 heavy (non-hydrogen) atoms. The number of fused-ring (bicyclic) bond motifs is 1. The Morgan fingerprint density at radius 3 is 2.20 bits per heavy atom. The van der Waals surface area contributed by atoms with Crippen molar-refractivity contribution in [2.24, 2.45) is 5.92 Å². The second kappa shape index (κ2) is 14.7. The van der Waals surface area contributed by atoms with E-state index in [4.69, 9.17) is 0 Å². The number of hydrogen-bond acceptors (Lipinski definition) is 8. The Morgan fingerprint density at radius 2 is 1.52 bits per heavy atom. The first-order valence-electron chi connectivity index (χ1n) is 18.7. The number of amides is 2. The van der Waals surface area contributed by atoms with Crippen LogP contribution in [-0.4, -0.2) is 68.9 Å². The topological polar surface area (TPSA) is 127 Å². The lowest BCUT2D eigenvalue weighted by Crippen LogP contribution is -2.55. The Labute approximate surface area is 315 Å². The van der Waals surface area contributed by atoms with Crippen LogP contribution in [0.3, 0.4) is 0 Å². The first kappa shape index (κ1) is 35.4. The number of aliphatic hydroxyl groups excluding tert-OH is 1. The zero-order valence-electron chi connectivity index (χ0n) is 30.3. The zero-order chi connectivity index (χ0) is 37.3. The Kier molecular flexibility index (Phi) is 9.61. The minimum absolute atomic E-state index is 0.0267. The smallest absolute Gasteiger partial charge is 0.268 e. The molecule has 2 amide bonds. The highest BCUT2D eigenvalue weighted by molar-refractivity contribution is 6.13. The maximum absolute atomic E-state index is 14.5. The van der Waals surface area contributed by atoms with Gasteiger partial charge in [0.2, 0.25) is 0 Å². The molecule has 2 saturated heterocycles. The third-order valence-corrected chi connectivity index (χ3v) is 11.3. The Hall–Kier alpha value is -5.62. The molecule has 1 unspecified atom stereocenters. The number of para-hydroxylation sites is 2. The second-order valence-corrected chi connectivity index (χ2v) is 14.4. The Bertz CT molecular complexity index is 2130. The summed E-state index contributed by atoms with van der Waals surface area (Å²) >= 11 is 0. The summed E-state index contributed by atoms with van der Waals surface area (Å²) in [7, 11) is 0. The van der Waals surface area contributed by atoms with Gasteiger partial charge in [0, 0.05) is 41.3 Å². The normalized spacial score (nSPS) is 20.6. The number of piperidine rings is 1. The average molecular weight is 724 g/mol. The molecule has 3 aliphatic heterocycles. The standard InChI is InChI=1S/C43H45N7O4/c1-31(13-11-12-26-47-28-38(45-46-47)36(29-51)32-14-5-2-6-15-32)43(54)37-27-35(20-21-39(37)50(41(43)53)34-18-9-4-10-19-34)48-30-49(33-16-7-3-8-17-33)42(40(48)52)22-24-44-25-23-42/h2-11,13-21,27-28,31,36,44,51,54H,12,22-26,29-30H2,1H3/b13-11+/t31-,36?,43+/m0/s1. The fourth-order valence-corrected chi connectivity index (χ4v) is 8.31. The van der Waals surface area contributed by atoms with E-state index in [9.17, 15) is 19.8 Å². The third-order valence-electron chi connectivity index (χ3n) is 11.3. The molecule has 5 aromatic rings. The summed E-state index contributed by atoms with van der Waals surface area (Å²) in [5.41, 5.74) is 2.43. The molecule has 4 aromatic carbocycles. The molecule has 1 aromatic heterocycles. The number of anilines is 4. The molecule has 8 rings (SSSR count). The molecule has 0 aliphatic carbocycles. The van der Waals surface area contributed by atoms with Gasteiger partial charge in [0.1, 0.15) is 5.54 Å². The highest BCUT2D eigenvalue weighted by Crippen LogP contribution is 2.50. The summed E-state index contributed by atoms with van der Waals surface area (Å²) in [5, 5.41) is 34.7. The van der Waals surface area contributed by atoms with Gasteiger partial charge in [-0.15, -0.1) is 5.10 Å². The molecule has 2 fully saturated rings. The number of carbonyl (C=O) groups is 2. The van der Waals surface area contributed by atoms with Gasteiger partial charge in [-0.3, -0.25) is 24.1 Å². The van der Waals surface area contributed by atoms with Crippen LogP contribution in [0, 0.1) is 5.92 Å². The number of hydrogen-bond donors (Lipinski definition) is 3. The first-order valence-corrected chi connectivity index (χ1v) is 18.7. The van der Waals surface area contributed by atoms with Gasteiger partial charge in [-0.1, -0.05) is 91.0 Å². The van der Waals surface area contributed by atoms with E-state index in [1.807, 2.05) is 134 Å². The molecule has 0 radical (unpaired) electrons. The van der Waals surface area contributed by atoms with Gasteiger partial charge in [-0.2, -0.15) is 0 Å². The lowest BCUT2D eigenvalue weighted by atomic mass is 9.82. The lowest BCUT2D eigenvalue weighted by Gasteiger charge is -2.39. The predicted octanol–water partition coefficient (Wildman–Crippen LogP) is 5.48. The summed E-state index contributed by atoms with van der Waals surface area (Å²) in [4.78, 5) is 34.6. The maximum Gasteiger partial charge on any atom is 0.268 e. The van der Waals surface area contributed by atoms with Crippen molar-refractivity contribution in [3.05, 3.63) is 144 Å². The monoisotopic (exact) mass is 723 g/mol. The van der Waals surface area contributed by atoms with Crippen LogP contribution in [-0.2, 0) is 21.7 Å². The number of aliphatic hydroxyl groups is 2. The van der Waals surface area contributed by atoms with E-state index in [0.29, 0.717) is 60.8 Å². The van der Waals surface area contributed by atoms with Crippen LogP contribution in [0.1, 0.15) is 48.9 Å². The summed E-state index contributed by atoms with van der Waals surface area (Å²) in [6.45, 7) is 4.14. The number of aryl methyl sites for hydroxylation is 1. The van der Waals surface area contributed by atoms with Crippen molar-refractivity contribution in [1.29, 1.82) is 0 Å². The SMILES string of the molecule is C[C@@H](/C=C/CCn1cc(C(CO)c2ccccc2)nn1)[C@]1(O)C(=O)N(c2ccccc2)c2ccc(N3CN(c4ccccc4)C4(CCNCC4)C3=O)cc21. The number of nitrogens with zero attached hydrogens (tertiary/aromatic N) is 6. The molecular formula is C43H45N7O4. The van der Waals surface area contributed by atoms with E-state index in [1.54, 1.807) is 14.5 Å². The molecule has 276 valence electrons. The van der Waals surface area contributed by atoms with Crippen LogP contribution >= 0.6 is 0 Å². The highest BCUT2D eigenvalue weighted by atomic mass is 16.3. The molecular weight excluding hydrogens is 679 g/mol. The molecule has 11 heteroatoms. The summed E-state index contributed by atoms with van der Waals surface area (Å²) in [6.07, 6.45) is 7.62. The fraction of sp³-hybridized carbons (Fsp3) is 0.302. The summed E-state index contributed by atoms with van der Waals surface area (Å²) in [5.74, 6) is -1.29. The number of allylic oxidation sites excluding steroid dienone is 1. The van der Waals surface area contributed by atoms with Gasteiger partial charge in [-0.25, -0.2) is 0 Å². The number of nitrogens with one attached hydrogen (secondary N) is 1. The van der Waals surface area contributed by atoms with Crippen LogP contribution < -0.4 is 20.0 Å². The summed E-state index contributed by atoms with van der Waals surface area (Å²) in [6, 6.07) is 34.7. The van der Waals surface area contributed by atoms with Crippen molar-refractivity contribution < 1.29 is 19.8 Å². The van der Waals surface area contributed by atoms with Crippen molar-refractivity contribution in [3.8, 4) is 0 Å². The van der Waals surface area contributed by atoms with E-state index >= 15 is 0 Å². The van der Waals surface area contributed by atoms with Crippen LogP contribution in [0.5, 0.6) is 0 Å². The van der Waals surface area contributed by atoms with E-state index < -0.39 is 23.0 Å². The van der Waals surface area contributed by atoms with Crippen LogP contribution in [0.25, 0.3) is 0 Å². The number of rotatable bonds is 11. The van der Waals surface area contributed by atoms with Crippen molar-refractivity contribution in [1.82, 2.24) is 20.3 Å². The number of carbonyl (C=O) groups excluding carboxylic acids is 2. The maximum atomic E-state index is 14.5. The van der Waals surface area contributed by atoms with Gasteiger partial charge in [-0.05, 0) is 80.4 Å². The van der Waals surface area contributed by atoms with Gasteiger partial charge >= 0.3 is 0 Å². The molecule has 0 saturated carbocycles. The lowest BCUT2D eigenvalue weighted by molar-refractivity contribution is -0.138. The Balaban J connectivity index is 1.07. The molecule has 3 atom stereocenters. The quantitative estimate of drug-likeness (QED) is 0.153.